The number of nitrogens with zero attached hydrogens (tertiary/aromatic N) is 1. The van der Waals surface area contributed by atoms with Gasteiger partial charge < -0.3 is 10.2 Å². The van der Waals surface area contributed by atoms with Crippen LogP contribution in [0, 0.1) is 0 Å². The highest BCUT2D eigenvalue weighted by Crippen LogP contribution is 2.01. The minimum Gasteiger partial charge on any atom is -0.315 e. The third-order valence-corrected chi connectivity index (χ3v) is 2.13. The van der Waals surface area contributed by atoms with Crippen LogP contribution in [-0.2, 0) is 0 Å². The van der Waals surface area contributed by atoms with Crippen LogP contribution in [0.4, 0.5) is 0 Å². The Kier molecular flexibility index (Phi) is 5.04. The normalized spacial score (nSPS) is 28.8. The first kappa shape index (κ1) is 10.2. The lowest BCUT2D eigenvalue weighted by Gasteiger charge is -2.20. The van der Waals surface area contributed by atoms with E-state index in [4.69, 9.17) is 0 Å². The SMILES string of the molecule is C[C@@H]1CCNCCN1C.Cl. The Morgan fingerprint density at radius 1 is 1.40 bits per heavy atom. The molecule has 0 saturated carbocycles. The van der Waals surface area contributed by atoms with Gasteiger partial charge >= 0.3 is 0 Å². The molecule has 0 amide bonds. The van der Waals surface area contributed by atoms with Crippen LogP contribution in [0.1, 0.15) is 13.3 Å². The fraction of sp³-hybridized carbons (Fsp3) is 1.00. The minimum atomic E-state index is 0. The number of halogens is 1. The summed E-state index contributed by atoms with van der Waals surface area (Å²) in [5.74, 6) is 0. The molecule has 1 fully saturated rings. The van der Waals surface area contributed by atoms with Gasteiger partial charge in [0.05, 0.1) is 0 Å². The molecule has 0 aliphatic carbocycles. The molecule has 1 heterocycles. The van der Waals surface area contributed by atoms with Crippen LogP contribution in [0.3, 0.4) is 0 Å². The van der Waals surface area contributed by atoms with Gasteiger partial charge in [0.1, 0.15) is 0 Å². The van der Waals surface area contributed by atoms with Gasteiger partial charge in [-0.15, -0.1) is 12.4 Å². The van der Waals surface area contributed by atoms with Crippen molar-refractivity contribution in [2.45, 2.75) is 19.4 Å². The van der Waals surface area contributed by atoms with E-state index in [1.807, 2.05) is 0 Å². The molecule has 1 rings (SSSR count). The number of hydrogen-bond acceptors (Lipinski definition) is 2. The number of hydrogen-bond donors (Lipinski definition) is 1. The molecule has 10 heavy (non-hydrogen) atoms. The van der Waals surface area contributed by atoms with Crippen LogP contribution < -0.4 is 5.32 Å². The van der Waals surface area contributed by atoms with Crippen molar-refractivity contribution in [3.05, 3.63) is 0 Å². The van der Waals surface area contributed by atoms with E-state index in [0.29, 0.717) is 0 Å². The van der Waals surface area contributed by atoms with E-state index >= 15 is 0 Å². The molecule has 0 radical (unpaired) electrons. The molecule has 2 nitrogen and oxygen atoms in total. The monoisotopic (exact) mass is 164 g/mol. The maximum absolute atomic E-state index is 3.37. The second-order valence-electron chi connectivity index (χ2n) is 2.87. The average Bonchev–Trinajstić information content (AvgIpc) is 1.99. The Hall–Kier alpha value is 0.210. The molecule has 3 heteroatoms. The van der Waals surface area contributed by atoms with Crippen LogP contribution in [0.25, 0.3) is 0 Å². The zero-order valence-electron chi connectivity index (χ0n) is 6.76. The summed E-state index contributed by atoms with van der Waals surface area (Å²) in [6.07, 6.45) is 1.29. The second-order valence-corrected chi connectivity index (χ2v) is 2.87. The van der Waals surface area contributed by atoms with Gasteiger partial charge in [-0.2, -0.15) is 0 Å². The highest BCUT2D eigenvalue weighted by molar-refractivity contribution is 5.85. The fourth-order valence-electron chi connectivity index (χ4n) is 1.13. The molecule has 0 aromatic carbocycles. The highest BCUT2D eigenvalue weighted by atomic mass is 35.5. The van der Waals surface area contributed by atoms with Gasteiger partial charge in [-0.25, -0.2) is 0 Å². The molecule has 1 aliphatic heterocycles. The number of rotatable bonds is 0. The van der Waals surface area contributed by atoms with Crippen LogP contribution in [0.15, 0.2) is 0 Å². The summed E-state index contributed by atoms with van der Waals surface area (Å²) in [5.41, 5.74) is 0. The average molecular weight is 165 g/mol. The van der Waals surface area contributed by atoms with E-state index in [1.165, 1.54) is 19.5 Å². The maximum Gasteiger partial charge on any atom is 0.0107 e. The Labute approximate surface area is 69.4 Å². The van der Waals surface area contributed by atoms with Crippen molar-refractivity contribution >= 4 is 12.4 Å². The first-order chi connectivity index (χ1) is 4.30. The molecular formula is C7H17ClN2. The molecule has 1 saturated heterocycles. The van der Waals surface area contributed by atoms with Crippen LogP contribution in [-0.4, -0.2) is 37.6 Å². The zero-order valence-corrected chi connectivity index (χ0v) is 7.58. The van der Waals surface area contributed by atoms with E-state index in [-0.39, 0.29) is 12.4 Å². The van der Waals surface area contributed by atoms with Crippen molar-refractivity contribution in [1.82, 2.24) is 10.2 Å². The lowest BCUT2D eigenvalue weighted by atomic mass is 10.2. The van der Waals surface area contributed by atoms with Crippen molar-refractivity contribution in [1.29, 1.82) is 0 Å². The molecule has 0 bridgehead atoms. The molecule has 0 unspecified atom stereocenters. The minimum absolute atomic E-state index is 0. The molecule has 1 aliphatic rings. The first-order valence-corrected chi connectivity index (χ1v) is 3.71. The molecular weight excluding hydrogens is 148 g/mol. The molecule has 1 atom stereocenters. The van der Waals surface area contributed by atoms with Crippen molar-refractivity contribution in [3.8, 4) is 0 Å². The van der Waals surface area contributed by atoms with Gasteiger partial charge in [-0.1, -0.05) is 0 Å². The smallest absolute Gasteiger partial charge is 0.0107 e. The summed E-state index contributed by atoms with van der Waals surface area (Å²) in [6, 6.07) is 0.764. The van der Waals surface area contributed by atoms with Gasteiger partial charge in [0.15, 0.2) is 0 Å². The van der Waals surface area contributed by atoms with E-state index in [2.05, 4.69) is 24.2 Å². The van der Waals surface area contributed by atoms with Crippen molar-refractivity contribution in [2.24, 2.45) is 0 Å². The number of nitrogens with one attached hydrogen (secondary N) is 1. The predicted molar refractivity (Wildman–Crippen MR) is 46.8 cm³/mol. The highest BCUT2D eigenvalue weighted by Gasteiger charge is 2.10. The summed E-state index contributed by atoms with van der Waals surface area (Å²) in [6.45, 7) is 5.82. The van der Waals surface area contributed by atoms with Gasteiger partial charge in [0.2, 0.25) is 0 Å². The maximum atomic E-state index is 3.37. The molecule has 62 valence electrons. The molecule has 0 aromatic heterocycles. The first-order valence-electron chi connectivity index (χ1n) is 3.71. The quantitative estimate of drug-likeness (QED) is 0.568. The Morgan fingerprint density at radius 2 is 2.10 bits per heavy atom. The largest absolute Gasteiger partial charge is 0.315 e. The van der Waals surface area contributed by atoms with Crippen LogP contribution >= 0.6 is 12.4 Å². The summed E-state index contributed by atoms with van der Waals surface area (Å²) in [5, 5.41) is 3.37. The lowest BCUT2D eigenvalue weighted by molar-refractivity contribution is 0.272. The molecule has 0 aromatic rings. The van der Waals surface area contributed by atoms with Gasteiger partial charge in [0, 0.05) is 19.1 Å². The second kappa shape index (κ2) is 4.94. The fourth-order valence-corrected chi connectivity index (χ4v) is 1.13. The Bertz CT molecular complexity index is 77.7. The topological polar surface area (TPSA) is 15.3 Å². The van der Waals surface area contributed by atoms with Crippen molar-refractivity contribution < 1.29 is 0 Å². The predicted octanol–water partition coefficient (Wildman–Crippen LogP) is 0.722. The van der Waals surface area contributed by atoms with E-state index in [0.717, 1.165) is 12.6 Å². The van der Waals surface area contributed by atoms with Crippen LogP contribution in [0.2, 0.25) is 0 Å². The van der Waals surface area contributed by atoms with Crippen molar-refractivity contribution in [2.75, 3.05) is 26.7 Å². The van der Waals surface area contributed by atoms with E-state index in [1.54, 1.807) is 0 Å². The van der Waals surface area contributed by atoms with Crippen molar-refractivity contribution in [3.63, 3.8) is 0 Å². The van der Waals surface area contributed by atoms with E-state index < -0.39 is 0 Å². The molecule has 0 spiro atoms. The number of likely N-dealkylation sites (N-methyl/N-ethyl adjacent to an activating group) is 1. The molecule has 1 N–H and O–H groups in total. The summed E-state index contributed by atoms with van der Waals surface area (Å²) in [7, 11) is 2.19. The standard InChI is InChI=1S/C7H16N2.ClH/c1-7-3-4-8-5-6-9(7)2;/h7-8H,3-6H2,1-2H3;1H/t7-;/m1./s1. The lowest BCUT2D eigenvalue weighted by Crippen LogP contribution is -2.29. The van der Waals surface area contributed by atoms with Gasteiger partial charge in [0.25, 0.3) is 0 Å². The van der Waals surface area contributed by atoms with E-state index in [9.17, 15) is 0 Å². The summed E-state index contributed by atoms with van der Waals surface area (Å²) in [4.78, 5) is 2.40. The third kappa shape index (κ3) is 2.86. The zero-order chi connectivity index (χ0) is 6.69. The van der Waals surface area contributed by atoms with Gasteiger partial charge in [-0.05, 0) is 26.9 Å². The van der Waals surface area contributed by atoms with Crippen LogP contribution in [0.5, 0.6) is 0 Å². The Balaban J connectivity index is 0.000000810. The third-order valence-electron chi connectivity index (χ3n) is 2.13. The summed E-state index contributed by atoms with van der Waals surface area (Å²) < 4.78 is 0. The summed E-state index contributed by atoms with van der Waals surface area (Å²) >= 11 is 0. The Morgan fingerprint density at radius 3 is 2.80 bits per heavy atom. The van der Waals surface area contributed by atoms with Gasteiger partial charge in [-0.3, -0.25) is 0 Å².